The predicted molar refractivity (Wildman–Crippen MR) is 19.8 cm³/mol. The zero-order valence-corrected chi connectivity index (χ0v) is 10.4. The second kappa shape index (κ2) is 29.2. The van der Waals surface area contributed by atoms with Gasteiger partial charge in [0.25, 0.3) is 0 Å². The van der Waals surface area contributed by atoms with E-state index in [0.29, 0.717) is 0 Å². The molecule has 0 atom stereocenters. The Labute approximate surface area is 143 Å². The van der Waals surface area contributed by atoms with Crippen LogP contribution in [0.1, 0.15) is 0 Å². The van der Waals surface area contributed by atoms with Crippen LogP contribution in [-0.4, -0.2) is 23.9 Å². The molecule has 0 heterocycles. The Morgan fingerprint density at radius 2 is 0.533 bits per heavy atom. The Hall–Kier alpha value is 0.315. The van der Waals surface area contributed by atoms with Crippen molar-refractivity contribution in [2.24, 2.45) is 0 Å². The summed E-state index contributed by atoms with van der Waals surface area (Å²) in [6.45, 7) is 0. The maximum atomic E-state index is 8.33. The predicted octanol–water partition coefficient (Wildman–Crippen LogP) is -8.17. The summed E-state index contributed by atoms with van der Waals surface area (Å²) < 4.78 is 0. The maximum Gasteiger partial charge on any atom is 3.00 e. The summed E-state index contributed by atoms with van der Waals surface area (Å²) in [6.07, 6.45) is -7.00. The van der Waals surface area contributed by atoms with Gasteiger partial charge in [-0.1, -0.05) is 0 Å². The van der Waals surface area contributed by atoms with Crippen LogP contribution >= 0.6 is 0 Å². The van der Waals surface area contributed by atoms with Gasteiger partial charge in [0.2, 0.25) is 0 Å². The molecule has 0 spiro atoms. The van der Waals surface area contributed by atoms with Gasteiger partial charge in [0.05, 0.1) is 0 Å². The molecule has 0 aliphatic heterocycles. The van der Waals surface area contributed by atoms with Crippen molar-refractivity contribution >= 4 is 18.5 Å². The van der Waals surface area contributed by atoms with Crippen LogP contribution in [0.5, 0.6) is 0 Å². The van der Waals surface area contributed by atoms with Crippen molar-refractivity contribution in [3.05, 3.63) is 0 Å². The molecule has 10 nitrogen and oxygen atoms in total. The van der Waals surface area contributed by atoms with E-state index in [9.17, 15) is 0 Å². The van der Waals surface area contributed by atoms with Gasteiger partial charge < -0.3 is 50.5 Å². The van der Waals surface area contributed by atoms with Gasteiger partial charge in [-0.2, -0.15) is 0 Å². The minimum absolute atomic E-state index is 0. The molecule has 0 aromatic carbocycles. The number of carbonyl (C=O) groups is 3. The zero-order valence-electron chi connectivity index (χ0n) is 6.31. The van der Waals surface area contributed by atoms with Crippen molar-refractivity contribution in [3.8, 4) is 0 Å². The first kappa shape index (κ1) is 36.2. The van der Waals surface area contributed by atoms with E-state index in [2.05, 4.69) is 0 Å². The van der Waals surface area contributed by atoms with E-state index in [1.165, 1.54) is 0 Å². The first-order chi connectivity index (χ1) is 5.20. The average Bonchev–Trinajstić information content (AvgIpc) is 1.54. The second-order valence-corrected chi connectivity index (χ2v) is 0.750. The molecule has 94 valence electrons. The minimum atomic E-state index is -2.33. The monoisotopic (exact) mass is 526 g/mol. The summed E-state index contributed by atoms with van der Waals surface area (Å²) in [6, 6.07) is 0. The van der Waals surface area contributed by atoms with Crippen molar-refractivity contribution in [2.45, 2.75) is 0 Å². The number of carboxylic acid groups (broad SMARTS) is 6. The molecular weight excluding hydrogens is 521 g/mol. The van der Waals surface area contributed by atoms with E-state index in [1.54, 1.807) is 0 Å². The van der Waals surface area contributed by atoms with E-state index in [4.69, 9.17) is 45.0 Å². The van der Waals surface area contributed by atoms with Crippen molar-refractivity contribution in [2.75, 3.05) is 0 Å². The van der Waals surface area contributed by atoms with Crippen molar-refractivity contribution in [3.63, 3.8) is 0 Å². The molecule has 0 bridgehead atoms. The number of rotatable bonds is 0. The minimum Gasteiger partial charge on any atom is -0.652 e. The summed E-state index contributed by atoms with van der Waals surface area (Å²) in [4.78, 5) is 25.0. The van der Waals surface area contributed by atoms with Crippen LogP contribution < -0.4 is 30.6 Å². The summed E-state index contributed by atoms with van der Waals surface area (Å²) in [5.74, 6) is 0. The molecule has 0 amide bonds. The fourth-order valence-electron chi connectivity index (χ4n) is 0. The van der Waals surface area contributed by atoms with Crippen LogP contribution in [0, 0.1) is 76.3 Å². The van der Waals surface area contributed by atoms with Gasteiger partial charge in [0.1, 0.15) is 0 Å². The first-order valence-electron chi connectivity index (χ1n) is 1.84. The van der Waals surface area contributed by atoms with E-state index in [-0.39, 0.29) is 81.8 Å². The van der Waals surface area contributed by atoms with Crippen molar-refractivity contribution in [1.82, 2.24) is 0 Å². The molecule has 2 N–H and O–H groups in total. The van der Waals surface area contributed by atoms with Gasteiger partial charge in [-0.25, -0.2) is 0 Å². The fourth-order valence-corrected chi connectivity index (χ4v) is 0. The van der Waals surface area contributed by atoms with Gasteiger partial charge in [-0.15, -0.1) is 0 Å². The van der Waals surface area contributed by atoms with Gasteiger partial charge in [-0.05, 0) is 18.5 Å². The largest absolute Gasteiger partial charge is 3.00 e. The Morgan fingerprint density at radius 3 is 0.533 bits per heavy atom. The van der Waals surface area contributed by atoms with E-state index < -0.39 is 18.5 Å². The van der Waals surface area contributed by atoms with Crippen LogP contribution in [-0.2, 0) is 0 Å². The van der Waals surface area contributed by atoms with Crippen molar-refractivity contribution in [1.29, 1.82) is 0 Å². The molecule has 2 radical (unpaired) electrons. The number of hydrogen-bond donors (Lipinski definition) is 0. The Kier molecular flexibility index (Phi) is 70.5. The molecule has 12 heteroatoms. The summed E-state index contributed by atoms with van der Waals surface area (Å²) >= 11 is 0. The average molecular weight is 523 g/mol. The van der Waals surface area contributed by atoms with Crippen molar-refractivity contribution < 1.29 is 127 Å². The van der Waals surface area contributed by atoms with Crippen LogP contribution in [0.3, 0.4) is 0 Å². The number of hydrogen-bond acceptors (Lipinski definition) is 9. The Balaban J connectivity index is -0.0000000184. The summed E-state index contributed by atoms with van der Waals surface area (Å²) in [5, 5.41) is 50.0. The zero-order chi connectivity index (χ0) is 10.7. The molecule has 0 saturated carbocycles. The van der Waals surface area contributed by atoms with Crippen LogP contribution in [0.2, 0.25) is 0 Å². The maximum absolute atomic E-state index is 8.33. The third kappa shape index (κ3) is 21800. The molecule has 0 saturated heterocycles. The Bertz CT molecular complexity index is 116. The summed E-state index contributed by atoms with van der Waals surface area (Å²) in [5.41, 5.74) is 0. The van der Waals surface area contributed by atoms with Gasteiger partial charge in [0.15, 0.2) is 0 Å². The molecule has 0 rings (SSSR count). The molecular formula is C3H2Dy2O10. The molecule has 0 aliphatic rings. The Morgan fingerprint density at radius 1 is 0.533 bits per heavy atom. The van der Waals surface area contributed by atoms with Gasteiger partial charge >= 0.3 is 76.3 Å². The first-order valence-corrected chi connectivity index (χ1v) is 1.84. The molecule has 0 fully saturated rings. The second-order valence-electron chi connectivity index (χ2n) is 0.750. The van der Waals surface area contributed by atoms with Crippen LogP contribution in [0.4, 0.5) is 14.4 Å². The van der Waals surface area contributed by atoms with Crippen LogP contribution in [0.15, 0.2) is 0 Å². The molecule has 0 aromatic heterocycles. The smallest absolute Gasteiger partial charge is 0.652 e. The molecule has 15 heavy (non-hydrogen) atoms. The van der Waals surface area contributed by atoms with Gasteiger partial charge in [-0.3, -0.25) is 0 Å². The standard InChI is InChI=1S/3CH2O3.2Dy.H2O/c3*2-1(3)4;;;/h3*(H2,2,3,4);;;1H2/q;;;2*+3;/p-6. The normalized spacial score (nSPS) is 4.80. The third-order valence-corrected chi connectivity index (χ3v) is 0. The van der Waals surface area contributed by atoms with Crippen LogP contribution in [0.25, 0.3) is 0 Å². The third-order valence-electron chi connectivity index (χ3n) is 0. The van der Waals surface area contributed by atoms with E-state index in [1.807, 2.05) is 0 Å². The molecule has 0 aromatic rings. The SMILES string of the molecule is O.O=C([O-])[O-].O=C([O-])[O-].O=C([O-])[O-].[Dy+3].[Dy+3]. The van der Waals surface area contributed by atoms with E-state index in [0.717, 1.165) is 0 Å². The fraction of sp³-hybridized carbons (Fsp3) is 0. The number of carbonyl (C=O) groups excluding carboxylic acids is 3. The van der Waals surface area contributed by atoms with Gasteiger partial charge in [0, 0.05) is 0 Å². The summed E-state index contributed by atoms with van der Waals surface area (Å²) in [7, 11) is 0. The molecule has 0 aliphatic carbocycles. The molecule has 0 unspecified atom stereocenters. The quantitative estimate of drug-likeness (QED) is 0.294. The topological polar surface area (TPSA) is 221 Å². The van der Waals surface area contributed by atoms with E-state index >= 15 is 0 Å².